The molecule has 3 heteroatoms. The lowest BCUT2D eigenvalue weighted by Crippen LogP contribution is -1.76. The summed E-state index contributed by atoms with van der Waals surface area (Å²) in [6, 6.07) is 3.18. The maximum Gasteiger partial charge on any atom is 0.213 e. The Balaban J connectivity index is 3.17. The molecular formula is C6H3NO2. The lowest BCUT2D eigenvalue weighted by molar-refractivity contribution is 0.112. The zero-order valence-electron chi connectivity index (χ0n) is 4.50. The summed E-state index contributed by atoms with van der Waals surface area (Å²) in [7, 11) is 0. The summed E-state index contributed by atoms with van der Waals surface area (Å²) < 4.78 is 4.61. The molecule has 0 radical (unpaired) electrons. The Morgan fingerprint density at radius 1 is 1.78 bits per heavy atom. The number of hydrogen-bond donors (Lipinski definition) is 0. The van der Waals surface area contributed by atoms with Crippen LogP contribution in [0.15, 0.2) is 16.7 Å². The third-order valence-electron chi connectivity index (χ3n) is 0.924. The second-order valence-corrected chi connectivity index (χ2v) is 1.43. The Bertz CT molecular complexity index is 256. The minimum atomic E-state index is 0.0741. The van der Waals surface area contributed by atoms with Crippen molar-refractivity contribution in [1.82, 2.24) is 0 Å². The minimum absolute atomic E-state index is 0.0741. The Labute approximate surface area is 51.5 Å². The highest BCUT2D eigenvalue weighted by atomic mass is 16.3. The molecule has 0 aliphatic carbocycles. The molecule has 0 amide bonds. The maximum atomic E-state index is 10.0. The molecule has 0 atom stereocenters. The number of furan rings is 1. The summed E-state index contributed by atoms with van der Waals surface area (Å²) in [5, 5.41) is 8.24. The van der Waals surface area contributed by atoms with Gasteiger partial charge in [0.2, 0.25) is 5.76 Å². The van der Waals surface area contributed by atoms with Gasteiger partial charge in [0.1, 0.15) is 6.07 Å². The van der Waals surface area contributed by atoms with Crippen LogP contribution in [0.2, 0.25) is 0 Å². The summed E-state index contributed by atoms with van der Waals surface area (Å²) in [4.78, 5) is 10.0. The molecule has 1 rings (SSSR count). The van der Waals surface area contributed by atoms with Crippen LogP contribution in [0.5, 0.6) is 0 Å². The summed E-state index contributed by atoms with van der Waals surface area (Å²) in [5.74, 6) is 0.0741. The van der Waals surface area contributed by atoms with Gasteiger partial charge in [0.25, 0.3) is 0 Å². The standard InChI is InChI=1S/C6H3NO2/c7-3-6-5(4-8)1-2-9-6/h1-2,4H. The second-order valence-electron chi connectivity index (χ2n) is 1.43. The fourth-order valence-electron chi connectivity index (χ4n) is 0.503. The van der Waals surface area contributed by atoms with Crippen molar-refractivity contribution in [2.45, 2.75) is 0 Å². The van der Waals surface area contributed by atoms with Crippen LogP contribution in [-0.4, -0.2) is 6.29 Å². The van der Waals surface area contributed by atoms with Gasteiger partial charge < -0.3 is 4.42 Å². The van der Waals surface area contributed by atoms with Crippen molar-refractivity contribution >= 4 is 6.29 Å². The van der Waals surface area contributed by atoms with Crippen LogP contribution in [0.3, 0.4) is 0 Å². The minimum Gasteiger partial charge on any atom is -0.453 e. The first-order chi connectivity index (χ1) is 4.38. The molecule has 0 spiro atoms. The van der Waals surface area contributed by atoms with Gasteiger partial charge in [0, 0.05) is 0 Å². The van der Waals surface area contributed by atoms with Gasteiger partial charge >= 0.3 is 0 Å². The monoisotopic (exact) mass is 121 g/mol. The molecule has 0 unspecified atom stereocenters. The predicted octanol–water partition coefficient (Wildman–Crippen LogP) is 0.964. The van der Waals surface area contributed by atoms with Crippen molar-refractivity contribution in [2.75, 3.05) is 0 Å². The fourth-order valence-corrected chi connectivity index (χ4v) is 0.503. The number of hydrogen-bond acceptors (Lipinski definition) is 3. The Morgan fingerprint density at radius 3 is 3.00 bits per heavy atom. The average molecular weight is 121 g/mol. The number of nitrogens with zero attached hydrogens (tertiary/aromatic N) is 1. The Kier molecular flexibility index (Phi) is 1.32. The van der Waals surface area contributed by atoms with E-state index in [9.17, 15) is 4.79 Å². The van der Waals surface area contributed by atoms with E-state index in [1.807, 2.05) is 0 Å². The van der Waals surface area contributed by atoms with Crippen LogP contribution in [0.4, 0.5) is 0 Å². The van der Waals surface area contributed by atoms with Crippen molar-refractivity contribution in [3.05, 3.63) is 23.7 Å². The molecule has 3 nitrogen and oxygen atoms in total. The van der Waals surface area contributed by atoms with Gasteiger partial charge in [-0.05, 0) is 6.07 Å². The van der Waals surface area contributed by atoms with Gasteiger partial charge in [0.15, 0.2) is 6.29 Å². The molecule has 0 aliphatic rings. The first-order valence-electron chi connectivity index (χ1n) is 2.31. The van der Waals surface area contributed by atoms with E-state index in [0.717, 1.165) is 0 Å². The van der Waals surface area contributed by atoms with E-state index >= 15 is 0 Å². The number of nitriles is 1. The summed E-state index contributed by atoms with van der Waals surface area (Å²) in [6.07, 6.45) is 1.89. The number of carbonyl (C=O) groups excluding carboxylic acids is 1. The molecule has 0 saturated carbocycles. The van der Waals surface area contributed by atoms with Gasteiger partial charge in [-0.2, -0.15) is 5.26 Å². The molecule has 0 N–H and O–H groups in total. The quantitative estimate of drug-likeness (QED) is 0.520. The van der Waals surface area contributed by atoms with Crippen molar-refractivity contribution in [3.63, 3.8) is 0 Å². The Hall–Kier alpha value is -1.56. The lowest BCUT2D eigenvalue weighted by Gasteiger charge is -1.75. The second kappa shape index (κ2) is 2.14. The molecule has 1 aromatic heterocycles. The SMILES string of the molecule is N#Cc1occc1C=O. The molecule has 0 fully saturated rings. The predicted molar refractivity (Wildman–Crippen MR) is 28.8 cm³/mol. The van der Waals surface area contributed by atoms with Gasteiger partial charge in [-0.1, -0.05) is 0 Å². The van der Waals surface area contributed by atoms with Crippen LogP contribution in [0.25, 0.3) is 0 Å². The number of rotatable bonds is 1. The van der Waals surface area contributed by atoms with E-state index in [2.05, 4.69) is 4.42 Å². The van der Waals surface area contributed by atoms with Crippen molar-refractivity contribution < 1.29 is 9.21 Å². The largest absolute Gasteiger partial charge is 0.453 e. The highest BCUT2D eigenvalue weighted by Crippen LogP contribution is 2.04. The van der Waals surface area contributed by atoms with E-state index < -0.39 is 0 Å². The molecular weight excluding hydrogens is 118 g/mol. The number of carbonyl (C=O) groups is 1. The van der Waals surface area contributed by atoms with E-state index in [1.54, 1.807) is 6.07 Å². The molecule has 1 aromatic rings. The van der Waals surface area contributed by atoms with E-state index in [-0.39, 0.29) is 5.76 Å². The first kappa shape index (κ1) is 5.57. The highest BCUT2D eigenvalue weighted by molar-refractivity contribution is 5.77. The molecule has 0 saturated heterocycles. The van der Waals surface area contributed by atoms with Gasteiger partial charge in [-0.25, -0.2) is 0 Å². The zero-order valence-corrected chi connectivity index (χ0v) is 4.50. The van der Waals surface area contributed by atoms with Crippen molar-refractivity contribution in [2.24, 2.45) is 0 Å². The molecule has 9 heavy (non-hydrogen) atoms. The van der Waals surface area contributed by atoms with Crippen LogP contribution in [0, 0.1) is 11.3 Å². The third-order valence-corrected chi connectivity index (χ3v) is 0.924. The zero-order chi connectivity index (χ0) is 6.69. The van der Waals surface area contributed by atoms with Gasteiger partial charge in [0.05, 0.1) is 11.8 Å². The van der Waals surface area contributed by atoms with Crippen molar-refractivity contribution in [1.29, 1.82) is 5.26 Å². The van der Waals surface area contributed by atoms with Crippen molar-refractivity contribution in [3.8, 4) is 6.07 Å². The van der Waals surface area contributed by atoms with E-state index in [1.165, 1.54) is 12.3 Å². The van der Waals surface area contributed by atoms with Gasteiger partial charge in [-0.3, -0.25) is 4.79 Å². The van der Waals surface area contributed by atoms with Crippen LogP contribution in [0.1, 0.15) is 16.1 Å². The molecule has 0 bridgehead atoms. The lowest BCUT2D eigenvalue weighted by atomic mass is 10.3. The molecule has 44 valence electrons. The van der Waals surface area contributed by atoms with Crippen LogP contribution >= 0.6 is 0 Å². The molecule has 1 heterocycles. The normalized spacial score (nSPS) is 8.33. The summed E-state index contributed by atoms with van der Waals surface area (Å²) in [5.41, 5.74) is 0.303. The van der Waals surface area contributed by atoms with Gasteiger partial charge in [-0.15, -0.1) is 0 Å². The average Bonchev–Trinajstić information content (AvgIpc) is 2.33. The van der Waals surface area contributed by atoms with Crippen LogP contribution < -0.4 is 0 Å². The number of aldehydes is 1. The fraction of sp³-hybridized carbons (Fsp3) is 0. The van der Waals surface area contributed by atoms with E-state index in [0.29, 0.717) is 11.8 Å². The third kappa shape index (κ3) is 0.820. The Morgan fingerprint density at radius 2 is 2.56 bits per heavy atom. The topological polar surface area (TPSA) is 54.0 Å². The first-order valence-corrected chi connectivity index (χ1v) is 2.31. The van der Waals surface area contributed by atoms with Crippen LogP contribution in [-0.2, 0) is 0 Å². The smallest absolute Gasteiger partial charge is 0.213 e. The molecule has 0 aromatic carbocycles. The molecule has 0 aliphatic heterocycles. The highest BCUT2D eigenvalue weighted by Gasteiger charge is 2.00. The maximum absolute atomic E-state index is 10.0. The van der Waals surface area contributed by atoms with E-state index in [4.69, 9.17) is 5.26 Å². The summed E-state index contributed by atoms with van der Waals surface area (Å²) >= 11 is 0. The summed E-state index contributed by atoms with van der Waals surface area (Å²) in [6.45, 7) is 0.